The Kier molecular flexibility index (Phi) is 7.43. The first kappa shape index (κ1) is 23.6. The Hall–Kier alpha value is -3.03. The smallest absolute Gasteiger partial charge is 0.242 e. The van der Waals surface area contributed by atoms with Crippen LogP contribution >= 0.6 is 0 Å². The molecule has 0 saturated carbocycles. The second-order valence-corrected chi connectivity index (χ2v) is 9.91. The summed E-state index contributed by atoms with van der Waals surface area (Å²) in [7, 11) is -2.19. The number of nitrogens with one attached hydrogen (secondary N) is 1. The maximum absolute atomic E-state index is 12.7. The molecule has 0 radical (unpaired) electrons. The van der Waals surface area contributed by atoms with E-state index in [4.69, 9.17) is 0 Å². The summed E-state index contributed by atoms with van der Waals surface area (Å²) in [5.74, 6) is -0.243. The lowest BCUT2D eigenvalue weighted by Gasteiger charge is -2.19. The van der Waals surface area contributed by atoms with Crippen molar-refractivity contribution in [3.05, 3.63) is 77.9 Å². The van der Waals surface area contributed by atoms with Gasteiger partial charge in [0.15, 0.2) is 5.78 Å². The van der Waals surface area contributed by atoms with Gasteiger partial charge < -0.3 is 5.32 Å². The second-order valence-electron chi connectivity index (χ2n) is 7.87. The Morgan fingerprint density at radius 3 is 2.31 bits per heavy atom. The number of sulfonamides is 1. The molecule has 0 bridgehead atoms. The lowest BCUT2D eigenvalue weighted by Crippen LogP contribution is -2.30. The van der Waals surface area contributed by atoms with Gasteiger partial charge in [0.2, 0.25) is 15.9 Å². The van der Waals surface area contributed by atoms with Crippen LogP contribution < -0.4 is 5.32 Å². The highest BCUT2D eigenvalue weighted by atomic mass is 32.2. The minimum atomic E-state index is -3.68. The number of carbonyl (C=O) groups is 2. The first-order valence-corrected chi connectivity index (χ1v) is 12.0. The third kappa shape index (κ3) is 5.41. The fourth-order valence-corrected chi connectivity index (χ4v) is 4.85. The number of fused-ring (bicyclic) bond motifs is 1. The molecule has 3 rings (SSSR count). The van der Waals surface area contributed by atoms with Crippen LogP contribution in [0.15, 0.2) is 71.6 Å². The van der Waals surface area contributed by atoms with Crippen LogP contribution in [0.1, 0.15) is 48.7 Å². The van der Waals surface area contributed by atoms with Gasteiger partial charge in [-0.25, -0.2) is 12.7 Å². The zero-order chi connectivity index (χ0) is 23.3. The Morgan fingerprint density at radius 2 is 1.62 bits per heavy atom. The molecule has 0 aliphatic heterocycles. The van der Waals surface area contributed by atoms with Gasteiger partial charge in [-0.3, -0.25) is 9.59 Å². The molecule has 0 spiro atoms. The molecule has 168 valence electrons. The van der Waals surface area contributed by atoms with E-state index in [9.17, 15) is 18.0 Å². The maximum Gasteiger partial charge on any atom is 0.242 e. The number of hydrogen-bond donors (Lipinski definition) is 1. The van der Waals surface area contributed by atoms with Crippen LogP contribution in [-0.4, -0.2) is 38.0 Å². The molecule has 1 unspecified atom stereocenters. The molecule has 3 aromatic rings. The number of rotatable bonds is 9. The summed E-state index contributed by atoms with van der Waals surface area (Å²) < 4.78 is 26.7. The van der Waals surface area contributed by atoms with Gasteiger partial charge in [0.1, 0.15) is 0 Å². The highest BCUT2D eigenvalue weighted by Gasteiger charge is 2.21. The Labute approximate surface area is 189 Å². The maximum atomic E-state index is 12.7. The minimum Gasteiger partial charge on any atom is -0.350 e. The van der Waals surface area contributed by atoms with E-state index in [1.54, 1.807) is 0 Å². The first-order chi connectivity index (χ1) is 15.2. The van der Waals surface area contributed by atoms with Crippen LogP contribution in [0.25, 0.3) is 10.8 Å². The van der Waals surface area contributed by atoms with Gasteiger partial charge in [0.05, 0.1) is 10.9 Å². The van der Waals surface area contributed by atoms with E-state index >= 15 is 0 Å². The van der Waals surface area contributed by atoms with Crippen LogP contribution in [0.3, 0.4) is 0 Å². The molecule has 0 aliphatic rings. The fourth-order valence-electron chi connectivity index (χ4n) is 3.64. The van der Waals surface area contributed by atoms with E-state index in [0.717, 1.165) is 16.3 Å². The van der Waals surface area contributed by atoms with E-state index in [0.29, 0.717) is 12.0 Å². The van der Waals surface area contributed by atoms with Crippen molar-refractivity contribution in [2.45, 2.75) is 37.6 Å². The van der Waals surface area contributed by atoms with Crippen LogP contribution in [0.2, 0.25) is 0 Å². The molecule has 1 amide bonds. The van der Waals surface area contributed by atoms with E-state index in [-0.39, 0.29) is 35.6 Å². The number of amides is 1. The zero-order valence-electron chi connectivity index (χ0n) is 18.5. The van der Waals surface area contributed by atoms with Crippen LogP contribution in [0.4, 0.5) is 0 Å². The average Bonchev–Trinajstić information content (AvgIpc) is 2.78. The normalized spacial score (nSPS) is 12.6. The number of carbonyl (C=O) groups excluding carboxylic acids is 2. The number of hydrogen-bond acceptors (Lipinski definition) is 4. The van der Waals surface area contributed by atoms with Crippen LogP contribution in [0.5, 0.6) is 0 Å². The molecule has 1 atom stereocenters. The van der Waals surface area contributed by atoms with Gasteiger partial charge in [-0.2, -0.15) is 0 Å². The number of Topliss-reactive ketones (excluding diaryl/α,β-unsaturated/α-hetero) is 1. The summed E-state index contributed by atoms with van der Waals surface area (Å²) in [6.07, 6.45) is 0.619. The van der Waals surface area contributed by atoms with Gasteiger partial charge in [-0.1, -0.05) is 54.6 Å². The molecule has 0 heterocycles. The monoisotopic (exact) mass is 452 g/mol. The minimum absolute atomic E-state index is 0.119. The molecule has 0 fully saturated rings. The highest BCUT2D eigenvalue weighted by molar-refractivity contribution is 7.89. The third-order valence-corrected chi connectivity index (χ3v) is 7.38. The first-order valence-electron chi connectivity index (χ1n) is 10.5. The van der Waals surface area contributed by atoms with Crippen molar-refractivity contribution in [2.75, 3.05) is 13.6 Å². The highest BCUT2D eigenvalue weighted by Crippen LogP contribution is 2.24. The summed E-state index contributed by atoms with van der Waals surface area (Å²) in [5, 5.41) is 5.23. The Morgan fingerprint density at radius 1 is 0.969 bits per heavy atom. The SMILES string of the molecule is CC(=O)c1ccc(S(=O)(=O)N(C)CCCC(=O)NC(C)c2cccc3ccccc23)cc1. The largest absolute Gasteiger partial charge is 0.350 e. The summed E-state index contributed by atoms with van der Waals surface area (Å²) >= 11 is 0. The van der Waals surface area contributed by atoms with Crippen molar-refractivity contribution in [1.82, 2.24) is 9.62 Å². The van der Waals surface area contributed by atoms with Gasteiger partial charge in [0, 0.05) is 25.6 Å². The van der Waals surface area contributed by atoms with E-state index in [1.807, 2.05) is 49.4 Å². The second kappa shape index (κ2) is 10.1. The third-order valence-electron chi connectivity index (χ3n) is 5.51. The van der Waals surface area contributed by atoms with Crippen LogP contribution in [0, 0.1) is 0 Å². The van der Waals surface area contributed by atoms with E-state index < -0.39 is 10.0 Å². The topological polar surface area (TPSA) is 83.6 Å². The average molecular weight is 453 g/mol. The van der Waals surface area contributed by atoms with E-state index in [1.165, 1.54) is 42.5 Å². The predicted octanol–water partition coefficient (Wildman–Crippen LogP) is 4.32. The quantitative estimate of drug-likeness (QED) is 0.490. The van der Waals surface area contributed by atoms with Gasteiger partial charge in [-0.15, -0.1) is 0 Å². The van der Waals surface area contributed by atoms with E-state index in [2.05, 4.69) is 5.32 Å². The standard InChI is InChI=1S/C25H28N2O4S/c1-18(23-11-6-9-21-8-4-5-10-24(21)23)26-25(29)12-7-17-27(3)32(30,31)22-15-13-20(14-16-22)19(2)28/h4-6,8-11,13-16,18H,7,12,17H2,1-3H3,(H,26,29). The molecule has 0 aliphatic carbocycles. The van der Waals surface area contributed by atoms with Crippen molar-refractivity contribution < 1.29 is 18.0 Å². The van der Waals surface area contributed by atoms with Crippen molar-refractivity contribution in [1.29, 1.82) is 0 Å². The summed E-state index contributed by atoms with van der Waals surface area (Å²) in [5.41, 5.74) is 1.51. The molecule has 0 aromatic heterocycles. The van der Waals surface area contributed by atoms with Crippen LogP contribution in [-0.2, 0) is 14.8 Å². The molecule has 3 aromatic carbocycles. The lowest BCUT2D eigenvalue weighted by atomic mass is 9.99. The van der Waals surface area contributed by atoms with Gasteiger partial charge >= 0.3 is 0 Å². The molecular weight excluding hydrogens is 424 g/mol. The number of ketones is 1. The van der Waals surface area contributed by atoms with Gasteiger partial charge in [0.25, 0.3) is 0 Å². The van der Waals surface area contributed by atoms with Crippen molar-refractivity contribution in [2.24, 2.45) is 0 Å². The molecule has 6 nitrogen and oxygen atoms in total. The van der Waals surface area contributed by atoms with Crippen molar-refractivity contribution in [3.8, 4) is 0 Å². The Bertz CT molecular complexity index is 1210. The molecule has 7 heteroatoms. The molecular formula is C25H28N2O4S. The number of nitrogens with zero attached hydrogens (tertiary/aromatic N) is 1. The van der Waals surface area contributed by atoms with Crippen molar-refractivity contribution in [3.63, 3.8) is 0 Å². The molecule has 1 N–H and O–H groups in total. The molecule has 0 saturated heterocycles. The Balaban J connectivity index is 1.55. The summed E-state index contributed by atoms with van der Waals surface area (Å²) in [6.45, 7) is 3.59. The summed E-state index contributed by atoms with van der Waals surface area (Å²) in [6, 6.07) is 19.8. The van der Waals surface area contributed by atoms with Gasteiger partial charge in [-0.05, 0) is 48.7 Å². The van der Waals surface area contributed by atoms with Crippen molar-refractivity contribution >= 4 is 32.5 Å². The number of benzene rings is 3. The lowest BCUT2D eigenvalue weighted by molar-refractivity contribution is -0.121. The fraction of sp³-hybridized carbons (Fsp3) is 0.280. The molecule has 32 heavy (non-hydrogen) atoms. The predicted molar refractivity (Wildman–Crippen MR) is 126 cm³/mol. The summed E-state index contributed by atoms with van der Waals surface area (Å²) in [4.78, 5) is 24.0. The zero-order valence-corrected chi connectivity index (χ0v) is 19.4.